The molecule has 0 heterocycles. The second-order valence-electron chi connectivity index (χ2n) is 4.27. The lowest BCUT2D eigenvalue weighted by Crippen LogP contribution is -1.95. The number of hydrogen-bond donors (Lipinski definition) is 0. The maximum Gasteiger partial charge on any atom is 0.0537 e. The summed E-state index contributed by atoms with van der Waals surface area (Å²) in [5, 5.41) is 0. The van der Waals surface area contributed by atoms with Gasteiger partial charge in [-0.1, -0.05) is 44.2 Å². The Bertz CT molecular complexity index is 354. The van der Waals surface area contributed by atoms with Gasteiger partial charge in [0.05, 0.1) is 6.04 Å². The molecule has 0 aliphatic rings. The third-order valence-corrected chi connectivity index (χ3v) is 2.11. The topological polar surface area (TPSA) is 12.4 Å². The SMILES string of the molecule is CC(C)N=C=C(c1ccccc1)C(C)C. The third kappa shape index (κ3) is 3.73. The van der Waals surface area contributed by atoms with Crippen LogP contribution in [0.2, 0.25) is 0 Å². The highest BCUT2D eigenvalue weighted by Gasteiger charge is 2.05. The molecule has 80 valence electrons. The fourth-order valence-corrected chi connectivity index (χ4v) is 1.34. The van der Waals surface area contributed by atoms with Gasteiger partial charge in [0.1, 0.15) is 0 Å². The van der Waals surface area contributed by atoms with Crippen LogP contribution in [0.25, 0.3) is 5.57 Å². The highest BCUT2D eigenvalue weighted by molar-refractivity contribution is 5.90. The van der Waals surface area contributed by atoms with E-state index in [1.807, 2.05) is 6.07 Å². The van der Waals surface area contributed by atoms with Crippen LogP contribution in [-0.2, 0) is 0 Å². The maximum atomic E-state index is 4.34. The monoisotopic (exact) mass is 201 g/mol. The smallest absolute Gasteiger partial charge is 0.0537 e. The average molecular weight is 201 g/mol. The van der Waals surface area contributed by atoms with E-state index < -0.39 is 0 Å². The van der Waals surface area contributed by atoms with Crippen LogP contribution in [0.5, 0.6) is 0 Å². The van der Waals surface area contributed by atoms with E-state index in [1.165, 1.54) is 11.1 Å². The van der Waals surface area contributed by atoms with E-state index in [0.717, 1.165) is 0 Å². The Balaban J connectivity index is 3.10. The van der Waals surface area contributed by atoms with Crippen LogP contribution in [0, 0.1) is 5.92 Å². The van der Waals surface area contributed by atoms with Crippen LogP contribution < -0.4 is 0 Å². The Morgan fingerprint density at radius 1 is 1.07 bits per heavy atom. The molecule has 0 radical (unpaired) electrons. The predicted octanol–water partition coefficient (Wildman–Crippen LogP) is 3.80. The molecule has 1 nitrogen and oxygen atoms in total. The van der Waals surface area contributed by atoms with Gasteiger partial charge in [-0.05, 0) is 31.2 Å². The van der Waals surface area contributed by atoms with Crippen molar-refractivity contribution in [1.29, 1.82) is 0 Å². The molecule has 1 rings (SSSR count). The van der Waals surface area contributed by atoms with Crippen LogP contribution in [-0.4, -0.2) is 11.9 Å². The van der Waals surface area contributed by atoms with Crippen LogP contribution >= 0.6 is 0 Å². The van der Waals surface area contributed by atoms with Gasteiger partial charge in [-0.3, -0.25) is 0 Å². The molecule has 0 spiro atoms. The van der Waals surface area contributed by atoms with Gasteiger partial charge < -0.3 is 0 Å². The molecule has 15 heavy (non-hydrogen) atoms. The lowest BCUT2D eigenvalue weighted by Gasteiger charge is -2.07. The Hall–Kier alpha value is -1.33. The third-order valence-electron chi connectivity index (χ3n) is 2.11. The van der Waals surface area contributed by atoms with E-state index in [-0.39, 0.29) is 0 Å². The molecule has 0 bridgehead atoms. The summed E-state index contributed by atoms with van der Waals surface area (Å²) < 4.78 is 0. The van der Waals surface area contributed by atoms with E-state index in [2.05, 4.69) is 62.8 Å². The second kappa shape index (κ2) is 5.53. The molecule has 0 aliphatic heterocycles. The number of aliphatic imine (C=N–C) groups is 1. The second-order valence-corrected chi connectivity index (χ2v) is 4.27. The first-order chi connectivity index (χ1) is 7.11. The van der Waals surface area contributed by atoms with Crippen molar-refractivity contribution < 1.29 is 0 Å². The average Bonchev–Trinajstić information content (AvgIpc) is 2.18. The number of allylic oxidation sites excluding steroid dienone is 1. The van der Waals surface area contributed by atoms with Crippen molar-refractivity contribution >= 4 is 11.4 Å². The van der Waals surface area contributed by atoms with Crippen molar-refractivity contribution in [2.24, 2.45) is 10.9 Å². The van der Waals surface area contributed by atoms with Crippen molar-refractivity contribution in [3.63, 3.8) is 0 Å². The fourth-order valence-electron chi connectivity index (χ4n) is 1.34. The fraction of sp³-hybridized carbons (Fsp3) is 0.429. The van der Waals surface area contributed by atoms with E-state index in [4.69, 9.17) is 0 Å². The number of nitrogens with zero attached hydrogens (tertiary/aromatic N) is 1. The first-order valence-electron chi connectivity index (χ1n) is 5.49. The summed E-state index contributed by atoms with van der Waals surface area (Å²) in [7, 11) is 0. The van der Waals surface area contributed by atoms with E-state index in [1.54, 1.807) is 0 Å². The summed E-state index contributed by atoms with van der Waals surface area (Å²) in [6, 6.07) is 10.7. The standard InChI is InChI=1S/C14H19N/c1-11(2)14(10-15-12(3)4)13-8-6-5-7-9-13/h5-9,11-12H,1-4H3. The highest BCUT2D eigenvalue weighted by atomic mass is 14.7. The minimum absolute atomic E-state index is 0.308. The summed E-state index contributed by atoms with van der Waals surface area (Å²) in [6.07, 6.45) is 0. The zero-order chi connectivity index (χ0) is 11.3. The van der Waals surface area contributed by atoms with Crippen molar-refractivity contribution in [1.82, 2.24) is 0 Å². The Morgan fingerprint density at radius 2 is 1.67 bits per heavy atom. The number of benzene rings is 1. The van der Waals surface area contributed by atoms with Crippen LogP contribution in [0.4, 0.5) is 0 Å². The zero-order valence-corrected chi connectivity index (χ0v) is 9.99. The molecule has 0 aliphatic carbocycles. The van der Waals surface area contributed by atoms with Crippen LogP contribution in [0.15, 0.2) is 35.3 Å². The molecule has 1 aromatic rings. The van der Waals surface area contributed by atoms with Gasteiger partial charge in [0.15, 0.2) is 0 Å². The molecule has 0 saturated heterocycles. The van der Waals surface area contributed by atoms with Crippen molar-refractivity contribution in [2.45, 2.75) is 33.7 Å². The summed E-state index contributed by atoms with van der Waals surface area (Å²) in [5.41, 5.74) is 2.40. The highest BCUT2D eigenvalue weighted by Crippen LogP contribution is 2.19. The minimum atomic E-state index is 0.308. The molecule has 0 unspecified atom stereocenters. The predicted molar refractivity (Wildman–Crippen MR) is 67.3 cm³/mol. The van der Waals surface area contributed by atoms with Gasteiger partial charge >= 0.3 is 0 Å². The molecular weight excluding hydrogens is 182 g/mol. The molecule has 0 amide bonds. The van der Waals surface area contributed by atoms with Gasteiger partial charge in [0.25, 0.3) is 0 Å². The maximum absolute atomic E-state index is 4.34. The number of rotatable bonds is 3. The zero-order valence-electron chi connectivity index (χ0n) is 9.99. The van der Waals surface area contributed by atoms with Crippen molar-refractivity contribution in [2.75, 3.05) is 0 Å². The Morgan fingerprint density at radius 3 is 2.13 bits per heavy atom. The lowest BCUT2D eigenvalue weighted by atomic mass is 9.97. The van der Waals surface area contributed by atoms with Crippen molar-refractivity contribution in [3.8, 4) is 0 Å². The first-order valence-corrected chi connectivity index (χ1v) is 5.49. The molecule has 1 aromatic carbocycles. The minimum Gasteiger partial charge on any atom is -0.240 e. The number of hydrogen-bond acceptors (Lipinski definition) is 1. The molecule has 1 heteroatoms. The quantitative estimate of drug-likeness (QED) is 0.659. The summed E-state index contributed by atoms with van der Waals surface area (Å²) in [4.78, 5) is 4.34. The molecule has 0 N–H and O–H groups in total. The van der Waals surface area contributed by atoms with E-state index in [9.17, 15) is 0 Å². The first kappa shape index (κ1) is 11.7. The molecule has 0 saturated carbocycles. The largest absolute Gasteiger partial charge is 0.240 e. The summed E-state index contributed by atoms with van der Waals surface area (Å²) in [6.45, 7) is 8.47. The molecule has 0 aromatic heterocycles. The molecular formula is C14H19N. The van der Waals surface area contributed by atoms with Crippen molar-refractivity contribution in [3.05, 3.63) is 35.9 Å². The van der Waals surface area contributed by atoms with Gasteiger partial charge in [0.2, 0.25) is 0 Å². The van der Waals surface area contributed by atoms with Gasteiger partial charge in [-0.15, -0.1) is 0 Å². The summed E-state index contributed by atoms with van der Waals surface area (Å²) in [5.74, 6) is 3.63. The normalized spacial score (nSPS) is 10.3. The molecule has 0 atom stereocenters. The van der Waals surface area contributed by atoms with Gasteiger partial charge in [-0.2, -0.15) is 0 Å². The molecule has 0 fully saturated rings. The Labute approximate surface area is 92.6 Å². The van der Waals surface area contributed by atoms with Crippen LogP contribution in [0.1, 0.15) is 33.3 Å². The van der Waals surface area contributed by atoms with E-state index in [0.29, 0.717) is 12.0 Å². The summed E-state index contributed by atoms with van der Waals surface area (Å²) >= 11 is 0. The lowest BCUT2D eigenvalue weighted by molar-refractivity contribution is 0.836. The van der Waals surface area contributed by atoms with Gasteiger partial charge in [0, 0.05) is 5.57 Å². The van der Waals surface area contributed by atoms with E-state index >= 15 is 0 Å². The van der Waals surface area contributed by atoms with Crippen LogP contribution in [0.3, 0.4) is 0 Å². The Kier molecular flexibility index (Phi) is 4.33. The van der Waals surface area contributed by atoms with Gasteiger partial charge in [-0.25, -0.2) is 4.99 Å².